The quantitative estimate of drug-likeness (QED) is 0.421. The summed E-state index contributed by atoms with van der Waals surface area (Å²) in [5, 5.41) is 11.9. The third kappa shape index (κ3) is 5.31. The average molecular weight is 482 g/mol. The van der Waals surface area contributed by atoms with Crippen molar-refractivity contribution in [2.24, 2.45) is 0 Å². The summed E-state index contributed by atoms with van der Waals surface area (Å²) in [4.78, 5) is 15.2. The standard InChI is InChI=1S/C29H31N5O2/c1-21(30-29(35)25-9-6-10-26(19-25)36-2)28-32-31-27-15-16-33(17-18-34(27)28)20-22-11-13-24(14-12-22)23-7-4-3-5-8-23/h3-14,19,21H,15-18,20H2,1-2H3,(H,30,35). The van der Waals surface area contributed by atoms with Crippen LogP contribution in [0.2, 0.25) is 0 Å². The van der Waals surface area contributed by atoms with E-state index in [1.54, 1.807) is 19.2 Å². The van der Waals surface area contributed by atoms with Crippen LogP contribution in [0.3, 0.4) is 0 Å². The molecule has 0 fully saturated rings. The van der Waals surface area contributed by atoms with E-state index < -0.39 is 0 Å². The summed E-state index contributed by atoms with van der Waals surface area (Å²) in [7, 11) is 1.59. The Morgan fingerprint density at radius 3 is 2.50 bits per heavy atom. The minimum absolute atomic E-state index is 0.159. The number of carbonyl (C=O) groups excluding carboxylic acids is 1. The second-order valence-electron chi connectivity index (χ2n) is 9.14. The van der Waals surface area contributed by atoms with Crippen LogP contribution in [0.1, 0.15) is 40.5 Å². The van der Waals surface area contributed by atoms with Gasteiger partial charge in [0.1, 0.15) is 11.6 Å². The number of hydrogen-bond acceptors (Lipinski definition) is 5. The molecule has 0 saturated carbocycles. The molecule has 1 unspecified atom stereocenters. The van der Waals surface area contributed by atoms with Gasteiger partial charge in [-0.3, -0.25) is 9.69 Å². The zero-order valence-corrected chi connectivity index (χ0v) is 20.7. The number of rotatable bonds is 7. The van der Waals surface area contributed by atoms with Crippen LogP contribution in [-0.4, -0.2) is 45.8 Å². The Morgan fingerprint density at radius 2 is 1.72 bits per heavy atom. The van der Waals surface area contributed by atoms with E-state index in [2.05, 4.69) is 73.5 Å². The third-order valence-corrected chi connectivity index (χ3v) is 6.68. The van der Waals surface area contributed by atoms with Gasteiger partial charge < -0.3 is 14.6 Å². The van der Waals surface area contributed by atoms with Crippen molar-refractivity contribution in [3.05, 3.63) is 102 Å². The molecule has 184 valence electrons. The van der Waals surface area contributed by atoms with Crippen molar-refractivity contribution in [2.75, 3.05) is 20.2 Å². The molecule has 0 bridgehead atoms. The van der Waals surface area contributed by atoms with Crippen LogP contribution < -0.4 is 10.1 Å². The Bertz CT molecular complexity index is 1320. The van der Waals surface area contributed by atoms with E-state index in [0.717, 1.165) is 44.2 Å². The fraction of sp³-hybridized carbons (Fsp3) is 0.276. The van der Waals surface area contributed by atoms with Crippen LogP contribution in [0.5, 0.6) is 5.75 Å². The van der Waals surface area contributed by atoms with E-state index in [4.69, 9.17) is 4.74 Å². The third-order valence-electron chi connectivity index (χ3n) is 6.68. The first-order chi connectivity index (χ1) is 17.6. The van der Waals surface area contributed by atoms with Crippen molar-refractivity contribution in [2.45, 2.75) is 32.5 Å². The molecule has 36 heavy (non-hydrogen) atoms. The highest BCUT2D eigenvalue weighted by atomic mass is 16.5. The molecule has 1 aliphatic rings. The minimum Gasteiger partial charge on any atom is -0.497 e. The van der Waals surface area contributed by atoms with Crippen molar-refractivity contribution in [1.29, 1.82) is 0 Å². The largest absolute Gasteiger partial charge is 0.497 e. The summed E-state index contributed by atoms with van der Waals surface area (Å²) >= 11 is 0. The minimum atomic E-state index is -0.262. The molecule has 7 nitrogen and oxygen atoms in total. The smallest absolute Gasteiger partial charge is 0.251 e. The van der Waals surface area contributed by atoms with E-state index in [9.17, 15) is 4.79 Å². The number of hydrogen-bond donors (Lipinski definition) is 1. The van der Waals surface area contributed by atoms with Gasteiger partial charge in [0.15, 0.2) is 5.82 Å². The molecule has 5 rings (SSSR count). The second kappa shape index (κ2) is 10.7. The number of fused-ring (bicyclic) bond motifs is 1. The van der Waals surface area contributed by atoms with Gasteiger partial charge in [0, 0.05) is 38.2 Å². The molecule has 1 N–H and O–H groups in total. The highest BCUT2D eigenvalue weighted by molar-refractivity contribution is 5.94. The van der Waals surface area contributed by atoms with Crippen molar-refractivity contribution >= 4 is 5.91 Å². The number of nitrogens with one attached hydrogen (secondary N) is 1. The Kier molecular flexibility index (Phi) is 7.09. The summed E-state index contributed by atoms with van der Waals surface area (Å²) in [6.45, 7) is 5.45. The van der Waals surface area contributed by atoms with E-state index in [-0.39, 0.29) is 11.9 Å². The molecule has 4 aromatic rings. The Balaban J connectivity index is 1.21. The monoisotopic (exact) mass is 481 g/mol. The van der Waals surface area contributed by atoms with Gasteiger partial charge in [-0.05, 0) is 41.8 Å². The maximum atomic E-state index is 12.8. The summed E-state index contributed by atoms with van der Waals surface area (Å²) in [5.41, 5.74) is 4.32. The number of nitrogens with zero attached hydrogens (tertiary/aromatic N) is 4. The number of ether oxygens (including phenoxy) is 1. The number of methoxy groups -OCH3 is 1. The molecule has 1 atom stereocenters. The normalized spacial score (nSPS) is 14.5. The average Bonchev–Trinajstić information content (AvgIpc) is 3.23. The van der Waals surface area contributed by atoms with E-state index >= 15 is 0 Å². The lowest BCUT2D eigenvalue weighted by Crippen LogP contribution is -2.30. The first-order valence-electron chi connectivity index (χ1n) is 12.3. The molecule has 3 aromatic carbocycles. The maximum absolute atomic E-state index is 12.8. The van der Waals surface area contributed by atoms with Gasteiger partial charge >= 0.3 is 0 Å². The van der Waals surface area contributed by atoms with Crippen molar-refractivity contribution < 1.29 is 9.53 Å². The van der Waals surface area contributed by atoms with Crippen LogP contribution in [0.15, 0.2) is 78.9 Å². The zero-order valence-electron chi connectivity index (χ0n) is 20.7. The predicted octanol–water partition coefficient (Wildman–Crippen LogP) is 4.50. The lowest BCUT2D eigenvalue weighted by Gasteiger charge is -2.20. The number of aromatic nitrogens is 3. The molecular formula is C29H31N5O2. The van der Waals surface area contributed by atoms with Gasteiger partial charge in [0.2, 0.25) is 0 Å². The Morgan fingerprint density at radius 1 is 0.944 bits per heavy atom. The fourth-order valence-corrected chi connectivity index (χ4v) is 4.67. The number of benzene rings is 3. The molecule has 2 heterocycles. The van der Waals surface area contributed by atoms with Crippen molar-refractivity contribution in [1.82, 2.24) is 25.0 Å². The van der Waals surface area contributed by atoms with E-state index in [0.29, 0.717) is 11.3 Å². The van der Waals surface area contributed by atoms with Crippen LogP contribution in [0.25, 0.3) is 11.1 Å². The predicted molar refractivity (Wildman–Crippen MR) is 140 cm³/mol. The number of carbonyl (C=O) groups is 1. The molecule has 0 radical (unpaired) electrons. The van der Waals surface area contributed by atoms with Crippen LogP contribution in [0.4, 0.5) is 0 Å². The zero-order chi connectivity index (χ0) is 24.9. The van der Waals surface area contributed by atoms with Crippen LogP contribution in [-0.2, 0) is 19.5 Å². The van der Waals surface area contributed by atoms with E-state index in [1.807, 2.05) is 25.1 Å². The summed E-state index contributed by atoms with van der Waals surface area (Å²) in [5.74, 6) is 2.25. The first-order valence-corrected chi connectivity index (χ1v) is 12.3. The highest BCUT2D eigenvalue weighted by Crippen LogP contribution is 2.21. The van der Waals surface area contributed by atoms with Gasteiger partial charge in [0.25, 0.3) is 5.91 Å². The second-order valence-corrected chi connectivity index (χ2v) is 9.14. The molecule has 7 heteroatoms. The number of amides is 1. The topological polar surface area (TPSA) is 72.3 Å². The van der Waals surface area contributed by atoms with Crippen molar-refractivity contribution in [3.8, 4) is 16.9 Å². The molecule has 0 aliphatic carbocycles. The lowest BCUT2D eigenvalue weighted by molar-refractivity contribution is 0.0937. The van der Waals surface area contributed by atoms with Gasteiger partial charge in [0.05, 0.1) is 13.2 Å². The lowest BCUT2D eigenvalue weighted by atomic mass is 10.0. The summed E-state index contributed by atoms with van der Waals surface area (Å²) in [6, 6.07) is 26.2. The molecule has 1 aliphatic heterocycles. The SMILES string of the molecule is COc1cccc(C(=O)NC(C)c2nnc3n2CCN(Cc2ccc(-c4ccccc4)cc2)CC3)c1. The van der Waals surface area contributed by atoms with Gasteiger partial charge in [-0.1, -0.05) is 60.7 Å². The van der Waals surface area contributed by atoms with Gasteiger partial charge in [-0.2, -0.15) is 0 Å². The first kappa shape index (κ1) is 23.8. The molecule has 1 amide bonds. The Hall–Kier alpha value is -3.97. The Labute approximate surface area is 211 Å². The highest BCUT2D eigenvalue weighted by Gasteiger charge is 2.23. The molecule has 0 saturated heterocycles. The maximum Gasteiger partial charge on any atom is 0.251 e. The van der Waals surface area contributed by atoms with Crippen LogP contribution in [0, 0.1) is 0 Å². The van der Waals surface area contributed by atoms with Gasteiger partial charge in [-0.25, -0.2) is 0 Å². The van der Waals surface area contributed by atoms with Crippen LogP contribution >= 0.6 is 0 Å². The molecule has 0 spiro atoms. The van der Waals surface area contributed by atoms with E-state index in [1.165, 1.54) is 16.7 Å². The summed E-state index contributed by atoms with van der Waals surface area (Å²) in [6.07, 6.45) is 0.825. The summed E-state index contributed by atoms with van der Waals surface area (Å²) < 4.78 is 7.40. The van der Waals surface area contributed by atoms with Crippen molar-refractivity contribution in [3.63, 3.8) is 0 Å². The molecular weight excluding hydrogens is 450 g/mol. The van der Waals surface area contributed by atoms with Gasteiger partial charge in [-0.15, -0.1) is 10.2 Å². The molecule has 1 aromatic heterocycles. The fourth-order valence-electron chi connectivity index (χ4n) is 4.67.